The van der Waals surface area contributed by atoms with E-state index in [1.807, 2.05) is 23.1 Å². The molecule has 0 aliphatic carbocycles. The molecule has 3 rings (SSSR count). The predicted octanol–water partition coefficient (Wildman–Crippen LogP) is 2.31. The maximum atomic E-state index is 13.1. The number of carbonyl (C=O) groups is 2. The average Bonchev–Trinajstić information content (AvgIpc) is 2.54. The summed E-state index contributed by atoms with van der Waals surface area (Å²) in [6, 6.07) is 6.05. The Bertz CT molecular complexity index is 614. The molecule has 5 heteroatoms. The molecule has 2 aliphatic heterocycles. The van der Waals surface area contributed by atoms with E-state index in [4.69, 9.17) is 0 Å². The zero-order valence-electron chi connectivity index (χ0n) is 13.9. The molecule has 2 aliphatic rings. The third-order valence-electron chi connectivity index (χ3n) is 4.91. The molecule has 0 radical (unpaired) electrons. The van der Waals surface area contributed by atoms with Crippen LogP contribution in [0.25, 0.3) is 0 Å². The Hall–Kier alpha value is -1.88. The van der Waals surface area contributed by atoms with Crippen LogP contribution in [0.3, 0.4) is 0 Å². The fraction of sp³-hybridized carbons (Fsp3) is 0.556. The molecule has 23 heavy (non-hydrogen) atoms. The van der Waals surface area contributed by atoms with E-state index in [9.17, 15) is 9.59 Å². The normalized spacial score (nSPS) is 24.0. The van der Waals surface area contributed by atoms with Crippen molar-refractivity contribution in [2.75, 3.05) is 23.3 Å². The molecule has 1 aromatic carbocycles. The van der Waals surface area contributed by atoms with Gasteiger partial charge in [0.2, 0.25) is 11.8 Å². The number of rotatable bonds is 2. The minimum absolute atomic E-state index is 0.0409. The summed E-state index contributed by atoms with van der Waals surface area (Å²) in [5.41, 5.74) is 2.88. The van der Waals surface area contributed by atoms with Crippen LogP contribution in [0.4, 0.5) is 11.4 Å². The van der Waals surface area contributed by atoms with E-state index < -0.39 is 0 Å². The van der Waals surface area contributed by atoms with Gasteiger partial charge in [-0.05, 0) is 56.8 Å². The van der Waals surface area contributed by atoms with E-state index in [2.05, 4.69) is 17.6 Å². The van der Waals surface area contributed by atoms with Crippen LogP contribution in [0.2, 0.25) is 0 Å². The van der Waals surface area contributed by atoms with Crippen LogP contribution < -0.4 is 15.5 Å². The second kappa shape index (κ2) is 6.71. The maximum Gasteiger partial charge on any atom is 0.231 e. The minimum atomic E-state index is -0.0769. The molecule has 2 N–H and O–H groups in total. The van der Waals surface area contributed by atoms with Gasteiger partial charge in [-0.2, -0.15) is 0 Å². The fourth-order valence-electron chi connectivity index (χ4n) is 3.74. The summed E-state index contributed by atoms with van der Waals surface area (Å²) in [6.45, 7) is 5.37. The Morgan fingerprint density at radius 3 is 2.87 bits per heavy atom. The van der Waals surface area contributed by atoms with Gasteiger partial charge >= 0.3 is 0 Å². The molecule has 0 spiro atoms. The monoisotopic (exact) mass is 315 g/mol. The van der Waals surface area contributed by atoms with E-state index in [0.717, 1.165) is 55.7 Å². The van der Waals surface area contributed by atoms with Crippen molar-refractivity contribution in [1.82, 2.24) is 5.32 Å². The van der Waals surface area contributed by atoms with E-state index in [1.165, 1.54) is 6.92 Å². The summed E-state index contributed by atoms with van der Waals surface area (Å²) in [5.74, 6) is 0.178. The van der Waals surface area contributed by atoms with Crippen molar-refractivity contribution in [2.45, 2.75) is 45.6 Å². The molecule has 1 aromatic rings. The molecule has 124 valence electrons. The van der Waals surface area contributed by atoms with Crippen molar-refractivity contribution >= 4 is 23.2 Å². The van der Waals surface area contributed by atoms with Crippen molar-refractivity contribution in [3.8, 4) is 0 Å². The lowest BCUT2D eigenvalue weighted by atomic mass is 9.89. The largest absolute Gasteiger partial charge is 0.326 e. The summed E-state index contributed by atoms with van der Waals surface area (Å²) in [7, 11) is 0. The molecule has 0 bridgehead atoms. The number of nitrogens with one attached hydrogen (secondary N) is 2. The predicted molar refractivity (Wildman–Crippen MR) is 91.6 cm³/mol. The maximum absolute atomic E-state index is 13.1. The van der Waals surface area contributed by atoms with Crippen molar-refractivity contribution in [3.05, 3.63) is 23.8 Å². The number of nitrogens with zero attached hydrogens (tertiary/aromatic N) is 1. The van der Waals surface area contributed by atoms with Crippen LogP contribution in [0.1, 0.15) is 38.7 Å². The molecule has 5 nitrogen and oxygen atoms in total. The average molecular weight is 315 g/mol. The molecular weight excluding hydrogens is 290 g/mol. The molecule has 2 atom stereocenters. The standard InChI is InChI=1S/C18H25N3O2/c1-12-14(6-4-10-19-12)18(23)21-11-5-7-15-16(20-13(2)22)8-3-9-17(15)21/h3,8-9,12,14,19H,4-7,10-11H2,1-2H3,(H,20,22)/t12-,14-/m1/s1. The van der Waals surface area contributed by atoms with Crippen LogP contribution in [-0.2, 0) is 16.0 Å². The molecule has 1 fully saturated rings. The zero-order valence-corrected chi connectivity index (χ0v) is 13.9. The first-order valence-corrected chi connectivity index (χ1v) is 8.52. The third kappa shape index (κ3) is 3.24. The number of carbonyl (C=O) groups excluding carboxylic acids is 2. The minimum Gasteiger partial charge on any atom is -0.326 e. The quantitative estimate of drug-likeness (QED) is 0.880. The van der Waals surface area contributed by atoms with Gasteiger partial charge in [0.25, 0.3) is 0 Å². The molecule has 0 aromatic heterocycles. The van der Waals surface area contributed by atoms with Gasteiger partial charge in [0.1, 0.15) is 0 Å². The second-order valence-corrected chi connectivity index (χ2v) is 6.57. The smallest absolute Gasteiger partial charge is 0.231 e. The number of fused-ring (bicyclic) bond motifs is 1. The zero-order chi connectivity index (χ0) is 16.4. The second-order valence-electron chi connectivity index (χ2n) is 6.57. The first-order valence-electron chi connectivity index (χ1n) is 8.52. The van der Waals surface area contributed by atoms with Gasteiger partial charge in [0, 0.05) is 30.9 Å². The Balaban J connectivity index is 1.89. The first kappa shape index (κ1) is 16.0. The van der Waals surface area contributed by atoms with Crippen molar-refractivity contribution in [2.24, 2.45) is 5.92 Å². The highest BCUT2D eigenvalue weighted by atomic mass is 16.2. The van der Waals surface area contributed by atoms with Crippen LogP contribution in [0, 0.1) is 5.92 Å². The number of hydrogen-bond donors (Lipinski definition) is 2. The summed E-state index contributed by atoms with van der Waals surface area (Å²) in [5, 5.41) is 6.30. The fourth-order valence-corrected chi connectivity index (χ4v) is 3.74. The van der Waals surface area contributed by atoms with Gasteiger partial charge < -0.3 is 15.5 Å². The van der Waals surface area contributed by atoms with Crippen molar-refractivity contribution in [3.63, 3.8) is 0 Å². The first-order chi connectivity index (χ1) is 11.1. The van der Waals surface area contributed by atoms with Crippen LogP contribution >= 0.6 is 0 Å². The lowest BCUT2D eigenvalue weighted by Crippen LogP contribution is -2.49. The summed E-state index contributed by atoms with van der Waals surface area (Å²) < 4.78 is 0. The lowest BCUT2D eigenvalue weighted by Gasteiger charge is -2.37. The molecule has 1 saturated heterocycles. The van der Waals surface area contributed by atoms with Crippen molar-refractivity contribution < 1.29 is 9.59 Å². The third-order valence-corrected chi connectivity index (χ3v) is 4.91. The highest BCUT2D eigenvalue weighted by molar-refractivity contribution is 5.99. The van der Waals surface area contributed by atoms with Crippen molar-refractivity contribution in [1.29, 1.82) is 0 Å². The number of benzene rings is 1. The number of hydrogen-bond acceptors (Lipinski definition) is 3. The van der Waals surface area contributed by atoms with Crippen LogP contribution in [0.5, 0.6) is 0 Å². The topological polar surface area (TPSA) is 61.4 Å². The van der Waals surface area contributed by atoms with Gasteiger partial charge in [0.15, 0.2) is 0 Å². The molecule has 0 unspecified atom stereocenters. The van der Waals surface area contributed by atoms with Crippen LogP contribution in [0.15, 0.2) is 18.2 Å². The Morgan fingerprint density at radius 1 is 1.30 bits per heavy atom. The summed E-state index contributed by atoms with van der Waals surface area (Å²) in [4.78, 5) is 26.4. The molecular formula is C18H25N3O2. The molecule has 2 heterocycles. The van der Waals surface area contributed by atoms with E-state index in [1.54, 1.807) is 0 Å². The Labute approximate surface area is 137 Å². The molecule has 2 amide bonds. The summed E-state index contributed by atoms with van der Waals surface area (Å²) in [6.07, 6.45) is 3.83. The van der Waals surface area contributed by atoms with Gasteiger partial charge in [-0.25, -0.2) is 0 Å². The highest BCUT2D eigenvalue weighted by Crippen LogP contribution is 2.34. The van der Waals surface area contributed by atoms with E-state index in [0.29, 0.717) is 0 Å². The number of amides is 2. The van der Waals surface area contributed by atoms with E-state index >= 15 is 0 Å². The van der Waals surface area contributed by atoms with Gasteiger partial charge in [-0.1, -0.05) is 6.07 Å². The lowest BCUT2D eigenvalue weighted by molar-refractivity contribution is -0.124. The van der Waals surface area contributed by atoms with Gasteiger partial charge in [-0.15, -0.1) is 0 Å². The number of anilines is 2. The van der Waals surface area contributed by atoms with E-state index in [-0.39, 0.29) is 23.8 Å². The van der Waals surface area contributed by atoms with Gasteiger partial charge in [0.05, 0.1) is 5.92 Å². The number of piperidine rings is 1. The molecule has 0 saturated carbocycles. The highest BCUT2D eigenvalue weighted by Gasteiger charge is 2.33. The Morgan fingerprint density at radius 2 is 2.13 bits per heavy atom. The van der Waals surface area contributed by atoms with Gasteiger partial charge in [-0.3, -0.25) is 9.59 Å². The Kier molecular flexibility index (Phi) is 4.66. The SMILES string of the molecule is CC(=O)Nc1cccc2c1CCCN2C(=O)[C@@H]1CCCN[C@@H]1C. The summed E-state index contributed by atoms with van der Waals surface area (Å²) >= 11 is 0. The van der Waals surface area contributed by atoms with Crippen LogP contribution in [-0.4, -0.2) is 30.9 Å².